The molecule has 2 aliphatic rings. The van der Waals surface area contributed by atoms with Gasteiger partial charge in [0.1, 0.15) is 0 Å². The number of nitrogens with one attached hydrogen (secondary N) is 1. The summed E-state index contributed by atoms with van der Waals surface area (Å²) in [6, 6.07) is 0.0214. The molecule has 0 aliphatic carbocycles. The van der Waals surface area contributed by atoms with Gasteiger partial charge in [0.25, 0.3) is 0 Å². The lowest BCUT2D eigenvalue weighted by Gasteiger charge is -2.21. The summed E-state index contributed by atoms with van der Waals surface area (Å²) in [6.07, 6.45) is 2.31. The van der Waals surface area contributed by atoms with Gasteiger partial charge in [-0.25, -0.2) is 0 Å². The number of nitrogens with two attached hydrogens (primary N) is 1. The molecule has 0 radical (unpaired) electrons. The van der Waals surface area contributed by atoms with E-state index in [0.717, 1.165) is 39.0 Å². The quantitative estimate of drug-likeness (QED) is 0.557. The highest BCUT2D eigenvalue weighted by Gasteiger charge is 2.33. The van der Waals surface area contributed by atoms with Crippen molar-refractivity contribution in [3.63, 3.8) is 0 Å². The normalized spacial score (nSPS) is 34.1. The fourth-order valence-corrected chi connectivity index (χ4v) is 2.14. The van der Waals surface area contributed by atoms with Crippen LogP contribution in [0.4, 0.5) is 0 Å². The molecule has 0 aromatic heterocycles. The van der Waals surface area contributed by atoms with Crippen LogP contribution in [-0.2, 0) is 4.79 Å². The third kappa shape index (κ3) is 1.69. The van der Waals surface area contributed by atoms with Gasteiger partial charge >= 0.3 is 0 Å². The number of rotatable bonds is 1. The molecule has 2 saturated heterocycles. The van der Waals surface area contributed by atoms with Crippen LogP contribution >= 0.6 is 0 Å². The first-order valence-corrected chi connectivity index (χ1v) is 5.04. The van der Waals surface area contributed by atoms with Crippen LogP contribution in [0.5, 0.6) is 0 Å². The van der Waals surface area contributed by atoms with E-state index in [1.165, 1.54) is 0 Å². The third-order valence-corrected chi connectivity index (χ3v) is 3.00. The Hall–Kier alpha value is -0.610. The molecular weight excluding hydrogens is 166 g/mol. The summed E-state index contributed by atoms with van der Waals surface area (Å²) in [5.74, 6) is 0.285. The Labute approximate surface area is 78.5 Å². The van der Waals surface area contributed by atoms with Crippen LogP contribution in [0.2, 0.25) is 0 Å². The molecule has 2 unspecified atom stereocenters. The molecule has 3 N–H and O–H groups in total. The highest BCUT2D eigenvalue weighted by atomic mass is 16.2. The van der Waals surface area contributed by atoms with Gasteiger partial charge in [0, 0.05) is 32.2 Å². The van der Waals surface area contributed by atoms with E-state index in [9.17, 15) is 4.79 Å². The molecule has 1 amide bonds. The number of hydrogen-bond donors (Lipinski definition) is 2. The average Bonchev–Trinajstić information content (AvgIpc) is 2.72. The molecule has 0 spiro atoms. The molecule has 13 heavy (non-hydrogen) atoms. The van der Waals surface area contributed by atoms with Crippen LogP contribution in [0, 0.1) is 5.92 Å². The first-order chi connectivity index (χ1) is 6.29. The Kier molecular flexibility index (Phi) is 2.51. The summed E-state index contributed by atoms with van der Waals surface area (Å²) in [5.41, 5.74) is 5.84. The van der Waals surface area contributed by atoms with E-state index >= 15 is 0 Å². The number of nitrogens with zero attached hydrogens (tertiary/aromatic N) is 1. The maximum absolute atomic E-state index is 11.9. The van der Waals surface area contributed by atoms with Gasteiger partial charge in [0.2, 0.25) is 5.91 Å². The smallest absolute Gasteiger partial charge is 0.228 e. The summed E-state index contributed by atoms with van der Waals surface area (Å²) < 4.78 is 0. The van der Waals surface area contributed by atoms with Crippen molar-refractivity contribution < 1.29 is 4.79 Å². The van der Waals surface area contributed by atoms with Crippen molar-refractivity contribution in [3.05, 3.63) is 0 Å². The Morgan fingerprint density at radius 3 is 2.54 bits per heavy atom. The lowest BCUT2D eigenvalue weighted by atomic mass is 10.0. The topological polar surface area (TPSA) is 58.4 Å². The van der Waals surface area contributed by atoms with Crippen LogP contribution in [0.3, 0.4) is 0 Å². The fraction of sp³-hybridized carbons (Fsp3) is 0.889. The maximum Gasteiger partial charge on any atom is 0.228 e. The second-order valence-corrected chi connectivity index (χ2v) is 3.96. The van der Waals surface area contributed by atoms with Crippen molar-refractivity contribution in [3.8, 4) is 0 Å². The first kappa shape index (κ1) is 8.97. The Balaban J connectivity index is 1.95. The molecule has 2 heterocycles. The van der Waals surface area contributed by atoms with Crippen molar-refractivity contribution in [1.29, 1.82) is 0 Å². The van der Waals surface area contributed by atoms with E-state index in [4.69, 9.17) is 5.73 Å². The Morgan fingerprint density at radius 1 is 1.31 bits per heavy atom. The molecule has 2 rings (SSSR count). The molecule has 4 heteroatoms. The van der Waals surface area contributed by atoms with Crippen molar-refractivity contribution >= 4 is 5.91 Å². The van der Waals surface area contributed by atoms with E-state index < -0.39 is 0 Å². The van der Waals surface area contributed by atoms with Crippen molar-refractivity contribution in [1.82, 2.24) is 10.2 Å². The van der Waals surface area contributed by atoms with Gasteiger partial charge in [-0.3, -0.25) is 4.79 Å². The standard InChI is InChI=1S/C9H17N3O/c10-8-6-11-5-7(8)9(13)12-3-1-2-4-12/h7-8,11H,1-6,10H2. The number of amides is 1. The zero-order valence-corrected chi connectivity index (χ0v) is 7.83. The molecule has 0 aromatic rings. The van der Waals surface area contributed by atoms with Gasteiger partial charge in [-0.15, -0.1) is 0 Å². The molecule has 0 bridgehead atoms. The van der Waals surface area contributed by atoms with Gasteiger partial charge in [-0.1, -0.05) is 0 Å². The minimum absolute atomic E-state index is 0.0214. The Bertz CT molecular complexity index is 201. The number of carbonyl (C=O) groups excluding carboxylic acids is 1. The highest BCUT2D eigenvalue weighted by molar-refractivity contribution is 5.80. The number of carbonyl (C=O) groups is 1. The van der Waals surface area contributed by atoms with Gasteiger partial charge in [-0.2, -0.15) is 0 Å². The SMILES string of the molecule is NC1CNCC1C(=O)N1CCCC1. The monoisotopic (exact) mass is 183 g/mol. The zero-order chi connectivity index (χ0) is 9.26. The van der Waals surface area contributed by atoms with E-state index in [1.807, 2.05) is 4.90 Å². The highest BCUT2D eigenvalue weighted by Crippen LogP contribution is 2.15. The van der Waals surface area contributed by atoms with Gasteiger partial charge in [-0.05, 0) is 12.8 Å². The molecule has 2 aliphatic heterocycles. The predicted octanol–water partition coefficient (Wildman–Crippen LogP) is -0.844. The summed E-state index contributed by atoms with van der Waals surface area (Å²) in [4.78, 5) is 13.8. The van der Waals surface area contributed by atoms with E-state index in [0.29, 0.717) is 0 Å². The van der Waals surface area contributed by atoms with Crippen molar-refractivity contribution in [2.24, 2.45) is 11.7 Å². The molecule has 2 atom stereocenters. The van der Waals surface area contributed by atoms with Crippen molar-refractivity contribution in [2.75, 3.05) is 26.2 Å². The van der Waals surface area contributed by atoms with Gasteiger partial charge in [0.05, 0.1) is 5.92 Å². The van der Waals surface area contributed by atoms with Crippen LogP contribution in [0.1, 0.15) is 12.8 Å². The molecule has 2 fully saturated rings. The Morgan fingerprint density at radius 2 is 2.00 bits per heavy atom. The van der Waals surface area contributed by atoms with Gasteiger partial charge in [0.15, 0.2) is 0 Å². The van der Waals surface area contributed by atoms with Crippen LogP contribution in [0.15, 0.2) is 0 Å². The van der Waals surface area contributed by atoms with E-state index in [-0.39, 0.29) is 17.9 Å². The summed E-state index contributed by atoms with van der Waals surface area (Å²) in [7, 11) is 0. The summed E-state index contributed by atoms with van der Waals surface area (Å²) in [6.45, 7) is 3.41. The van der Waals surface area contributed by atoms with Gasteiger partial charge < -0.3 is 16.0 Å². The van der Waals surface area contributed by atoms with Crippen molar-refractivity contribution in [2.45, 2.75) is 18.9 Å². The average molecular weight is 183 g/mol. The predicted molar refractivity (Wildman–Crippen MR) is 50.1 cm³/mol. The third-order valence-electron chi connectivity index (χ3n) is 3.00. The number of hydrogen-bond acceptors (Lipinski definition) is 3. The minimum atomic E-state index is 0.0214. The summed E-state index contributed by atoms with van der Waals surface area (Å²) >= 11 is 0. The molecule has 4 nitrogen and oxygen atoms in total. The van der Waals surface area contributed by atoms with E-state index in [2.05, 4.69) is 5.32 Å². The second-order valence-electron chi connectivity index (χ2n) is 3.96. The second kappa shape index (κ2) is 3.64. The largest absolute Gasteiger partial charge is 0.342 e. The molecule has 0 aromatic carbocycles. The van der Waals surface area contributed by atoms with Crippen LogP contribution < -0.4 is 11.1 Å². The maximum atomic E-state index is 11.9. The lowest BCUT2D eigenvalue weighted by Crippen LogP contribution is -2.42. The molecule has 0 saturated carbocycles. The summed E-state index contributed by atoms with van der Waals surface area (Å²) in [5, 5.41) is 3.15. The number of likely N-dealkylation sites (tertiary alicyclic amines) is 1. The lowest BCUT2D eigenvalue weighted by molar-refractivity contribution is -0.134. The van der Waals surface area contributed by atoms with Crippen LogP contribution in [-0.4, -0.2) is 43.0 Å². The van der Waals surface area contributed by atoms with Crippen LogP contribution in [0.25, 0.3) is 0 Å². The molecular formula is C9H17N3O. The minimum Gasteiger partial charge on any atom is -0.342 e. The van der Waals surface area contributed by atoms with E-state index in [1.54, 1.807) is 0 Å². The zero-order valence-electron chi connectivity index (χ0n) is 7.83. The first-order valence-electron chi connectivity index (χ1n) is 5.04. The fourth-order valence-electron chi connectivity index (χ4n) is 2.14. The molecule has 74 valence electrons.